The molecule has 2 heterocycles. The summed E-state index contributed by atoms with van der Waals surface area (Å²) >= 11 is 3.04. The molecule has 5 nitrogen and oxygen atoms in total. The lowest BCUT2D eigenvalue weighted by atomic mass is 10.2. The number of nitrogens with zero attached hydrogens (tertiary/aromatic N) is 2. The Morgan fingerprint density at radius 3 is 2.87 bits per heavy atom. The van der Waals surface area contributed by atoms with Gasteiger partial charge in [-0.2, -0.15) is 11.3 Å². The number of anilines is 1. The van der Waals surface area contributed by atoms with Gasteiger partial charge in [0.05, 0.1) is 21.8 Å². The summed E-state index contributed by atoms with van der Waals surface area (Å²) in [6, 6.07) is 7.44. The highest BCUT2D eigenvalue weighted by molar-refractivity contribution is 7.18. The standard InChI is InChI=1S/C16H15N3O2S2/c1-10-18-13-4-3-12(7-14(13)23-10)19(2)15(20)8-17-16(21)11-5-6-22-9-11/h3-7,9H,8H2,1-2H3,(H,17,21). The lowest BCUT2D eigenvalue weighted by Crippen LogP contribution is -2.38. The van der Waals surface area contributed by atoms with Gasteiger partial charge in [-0.15, -0.1) is 11.3 Å². The average molecular weight is 345 g/mol. The Hall–Kier alpha value is -2.25. The van der Waals surface area contributed by atoms with Crippen molar-refractivity contribution in [2.45, 2.75) is 6.92 Å². The minimum absolute atomic E-state index is 0.0368. The molecule has 0 unspecified atom stereocenters. The van der Waals surface area contributed by atoms with Crippen molar-refractivity contribution in [3.8, 4) is 0 Å². The van der Waals surface area contributed by atoms with Crippen molar-refractivity contribution in [1.82, 2.24) is 10.3 Å². The third-order valence-corrected chi connectivity index (χ3v) is 5.04. The van der Waals surface area contributed by atoms with Crippen molar-refractivity contribution >= 4 is 50.4 Å². The Balaban J connectivity index is 1.67. The molecule has 1 aromatic carbocycles. The average Bonchev–Trinajstić information content (AvgIpc) is 3.18. The number of nitrogens with one attached hydrogen (secondary N) is 1. The first-order valence-electron chi connectivity index (χ1n) is 6.99. The Morgan fingerprint density at radius 1 is 1.30 bits per heavy atom. The number of benzene rings is 1. The predicted octanol–water partition coefficient (Wildman–Crippen LogP) is 3.06. The van der Waals surface area contributed by atoms with Gasteiger partial charge in [0.25, 0.3) is 5.91 Å². The molecule has 3 rings (SSSR count). The van der Waals surface area contributed by atoms with E-state index in [1.807, 2.05) is 30.5 Å². The smallest absolute Gasteiger partial charge is 0.252 e. The predicted molar refractivity (Wildman–Crippen MR) is 94.4 cm³/mol. The van der Waals surface area contributed by atoms with Gasteiger partial charge in [0.15, 0.2) is 0 Å². The number of thiazole rings is 1. The molecule has 0 saturated carbocycles. The first-order chi connectivity index (χ1) is 11.0. The van der Waals surface area contributed by atoms with E-state index < -0.39 is 0 Å². The van der Waals surface area contributed by atoms with Crippen LogP contribution in [0.15, 0.2) is 35.0 Å². The number of carbonyl (C=O) groups is 2. The lowest BCUT2D eigenvalue weighted by Gasteiger charge is -2.17. The highest BCUT2D eigenvalue weighted by Gasteiger charge is 2.14. The molecule has 0 radical (unpaired) electrons. The Kier molecular flexibility index (Phi) is 4.40. The molecule has 7 heteroatoms. The molecule has 2 amide bonds. The molecular weight excluding hydrogens is 330 g/mol. The van der Waals surface area contributed by atoms with Gasteiger partial charge in [0, 0.05) is 23.7 Å². The van der Waals surface area contributed by atoms with Gasteiger partial charge < -0.3 is 10.2 Å². The van der Waals surface area contributed by atoms with Crippen LogP contribution < -0.4 is 10.2 Å². The maximum Gasteiger partial charge on any atom is 0.252 e. The van der Waals surface area contributed by atoms with Crippen molar-refractivity contribution < 1.29 is 9.59 Å². The number of amides is 2. The molecule has 0 aliphatic heterocycles. The zero-order chi connectivity index (χ0) is 16.4. The van der Waals surface area contributed by atoms with E-state index in [-0.39, 0.29) is 18.4 Å². The van der Waals surface area contributed by atoms with Crippen LogP contribution in [0.2, 0.25) is 0 Å². The van der Waals surface area contributed by atoms with Crippen LogP contribution in [0, 0.1) is 6.92 Å². The van der Waals surface area contributed by atoms with E-state index in [2.05, 4.69) is 10.3 Å². The van der Waals surface area contributed by atoms with E-state index in [0.717, 1.165) is 20.9 Å². The van der Waals surface area contributed by atoms with Gasteiger partial charge in [-0.1, -0.05) is 0 Å². The summed E-state index contributed by atoms with van der Waals surface area (Å²) in [6.45, 7) is 1.92. The van der Waals surface area contributed by atoms with Crippen molar-refractivity contribution in [3.05, 3.63) is 45.6 Å². The summed E-state index contributed by atoms with van der Waals surface area (Å²) in [4.78, 5) is 30.1. The van der Waals surface area contributed by atoms with E-state index in [1.165, 1.54) is 11.3 Å². The molecule has 1 N–H and O–H groups in total. The van der Waals surface area contributed by atoms with Gasteiger partial charge in [-0.3, -0.25) is 9.59 Å². The van der Waals surface area contributed by atoms with Crippen LogP contribution in [0.3, 0.4) is 0 Å². The molecule has 0 atom stereocenters. The number of fused-ring (bicyclic) bond motifs is 1. The third-order valence-electron chi connectivity index (χ3n) is 3.42. The number of hydrogen-bond donors (Lipinski definition) is 1. The molecule has 0 spiro atoms. The topological polar surface area (TPSA) is 62.3 Å². The molecule has 0 aliphatic carbocycles. The zero-order valence-electron chi connectivity index (χ0n) is 12.7. The number of rotatable bonds is 4. The largest absolute Gasteiger partial charge is 0.343 e. The molecule has 23 heavy (non-hydrogen) atoms. The van der Waals surface area contributed by atoms with Crippen LogP contribution in [-0.4, -0.2) is 30.4 Å². The first kappa shape index (κ1) is 15.6. The molecule has 118 valence electrons. The van der Waals surface area contributed by atoms with Gasteiger partial charge in [0.2, 0.25) is 5.91 Å². The number of aromatic nitrogens is 1. The van der Waals surface area contributed by atoms with Crippen LogP contribution in [0.25, 0.3) is 10.2 Å². The summed E-state index contributed by atoms with van der Waals surface area (Å²) in [6.07, 6.45) is 0. The summed E-state index contributed by atoms with van der Waals surface area (Å²) < 4.78 is 1.04. The third kappa shape index (κ3) is 3.40. The van der Waals surface area contributed by atoms with Gasteiger partial charge in [0.1, 0.15) is 0 Å². The highest BCUT2D eigenvalue weighted by Crippen LogP contribution is 2.26. The van der Waals surface area contributed by atoms with Crippen LogP contribution in [0.1, 0.15) is 15.4 Å². The zero-order valence-corrected chi connectivity index (χ0v) is 14.3. The second-order valence-corrected chi connectivity index (χ2v) is 7.05. The fourth-order valence-electron chi connectivity index (χ4n) is 2.15. The number of likely N-dealkylation sites (N-methyl/N-ethyl adjacent to an activating group) is 1. The minimum atomic E-state index is -0.235. The molecule has 0 bridgehead atoms. The fourth-order valence-corrected chi connectivity index (χ4v) is 3.65. The van der Waals surface area contributed by atoms with E-state index in [4.69, 9.17) is 0 Å². The van der Waals surface area contributed by atoms with Crippen molar-refractivity contribution in [2.24, 2.45) is 0 Å². The van der Waals surface area contributed by atoms with Crippen LogP contribution in [-0.2, 0) is 4.79 Å². The lowest BCUT2D eigenvalue weighted by molar-refractivity contribution is -0.117. The van der Waals surface area contributed by atoms with Crippen LogP contribution >= 0.6 is 22.7 Å². The van der Waals surface area contributed by atoms with E-state index in [1.54, 1.807) is 34.7 Å². The number of carbonyl (C=O) groups excluding carboxylic acids is 2. The maximum atomic E-state index is 12.3. The number of thiophene rings is 1. The maximum absolute atomic E-state index is 12.3. The van der Waals surface area contributed by atoms with E-state index in [9.17, 15) is 9.59 Å². The summed E-state index contributed by atoms with van der Waals surface area (Å²) in [5.74, 6) is -0.407. The summed E-state index contributed by atoms with van der Waals surface area (Å²) in [5.41, 5.74) is 2.30. The van der Waals surface area contributed by atoms with E-state index in [0.29, 0.717) is 5.56 Å². The molecule has 0 fully saturated rings. The van der Waals surface area contributed by atoms with Crippen molar-refractivity contribution in [2.75, 3.05) is 18.5 Å². The Morgan fingerprint density at radius 2 is 2.13 bits per heavy atom. The van der Waals surface area contributed by atoms with Crippen LogP contribution in [0.4, 0.5) is 5.69 Å². The molecular formula is C16H15N3O2S2. The normalized spacial score (nSPS) is 10.7. The number of aryl methyl sites for hydroxylation is 1. The first-order valence-corrected chi connectivity index (χ1v) is 8.74. The summed E-state index contributed by atoms with van der Waals surface area (Å²) in [7, 11) is 1.70. The van der Waals surface area contributed by atoms with Crippen molar-refractivity contribution in [3.63, 3.8) is 0 Å². The Labute approximate surface area is 141 Å². The second kappa shape index (κ2) is 6.47. The fraction of sp³-hybridized carbons (Fsp3) is 0.188. The molecule has 0 saturated heterocycles. The van der Waals surface area contributed by atoms with Gasteiger partial charge in [-0.05, 0) is 36.6 Å². The van der Waals surface area contributed by atoms with Crippen LogP contribution in [0.5, 0.6) is 0 Å². The molecule has 0 aliphatic rings. The molecule has 2 aromatic heterocycles. The van der Waals surface area contributed by atoms with E-state index >= 15 is 0 Å². The van der Waals surface area contributed by atoms with Gasteiger partial charge >= 0.3 is 0 Å². The number of hydrogen-bond acceptors (Lipinski definition) is 5. The minimum Gasteiger partial charge on any atom is -0.343 e. The highest BCUT2D eigenvalue weighted by atomic mass is 32.1. The summed E-state index contributed by atoms with van der Waals surface area (Å²) in [5, 5.41) is 7.22. The monoisotopic (exact) mass is 345 g/mol. The van der Waals surface area contributed by atoms with Gasteiger partial charge in [-0.25, -0.2) is 4.98 Å². The molecule has 3 aromatic rings. The second-order valence-electron chi connectivity index (χ2n) is 5.03. The van der Waals surface area contributed by atoms with Crippen molar-refractivity contribution in [1.29, 1.82) is 0 Å². The quantitative estimate of drug-likeness (QED) is 0.790. The SMILES string of the molecule is Cc1nc2ccc(N(C)C(=O)CNC(=O)c3ccsc3)cc2s1. The Bertz CT molecular complexity index is 855.